The van der Waals surface area contributed by atoms with Crippen LogP contribution in [0, 0.1) is 0 Å². The molecule has 2 amide bonds. The average Bonchev–Trinajstić information content (AvgIpc) is 3.09. The molecule has 0 aliphatic heterocycles. The Bertz CT molecular complexity index is 710. The van der Waals surface area contributed by atoms with Gasteiger partial charge in [0.15, 0.2) is 5.16 Å². The number of amides is 2. The van der Waals surface area contributed by atoms with E-state index in [0.29, 0.717) is 24.3 Å². The predicted molar refractivity (Wildman–Crippen MR) is 98.7 cm³/mol. The molecule has 0 aliphatic rings. The molecule has 0 atom stereocenters. The van der Waals surface area contributed by atoms with Crippen molar-refractivity contribution in [2.75, 3.05) is 24.2 Å². The topological polar surface area (TPSA) is 80.1 Å². The van der Waals surface area contributed by atoms with Crippen molar-refractivity contribution in [1.82, 2.24) is 19.7 Å². The molecule has 25 heavy (non-hydrogen) atoms. The lowest BCUT2D eigenvalue weighted by Gasteiger charge is -2.18. The number of hydrogen-bond acceptors (Lipinski definition) is 5. The summed E-state index contributed by atoms with van der Waals surface area (Å²) < 4.78 is 1.88. The molecule has 0 unspecified atom stereocenters. The number of aryl methyl sites for hydroxylation is 1. The van der Waals surface area contributed by atoms with Crippen LogP contribution in [0.15, 0.2) is 35.7 Å². The van der Waals surface area contributed by atoms with Gasteiger partial charge in [0.25, 0.3) is 5.91 Å². The largest absolute Gasteiger partial charge is 0.339 e. The van der Waals surface area contributed by atoms with E-state index in [4.69, 9.17) is 0 Å². The van der Waals surface area contributed by atoms with Crippen molar-refractivity contribution in [2.24, 2.45) is 0 Å². The van der Waals surface area contributed by atoms with E-state index in [1.54, 1.807) is 35.5 Å². The molecule has 2 aromatic rings. The first-order chi connectivity index (χ1) is 12.1. The highest BCUT2D eigenvalue weighted by Gasteiger charge is 2.13. The fraction of sp³-hybridized carbons (Fsp3) is 0.412. The molecule has 1 aromatic heterocycles. The fourth-order valence-electron chi connectivity index (χ4n) is 2.29. The third-order valence-corrected chi connectivity index (χ3v) is 4.70. The molecule has 0 spiro atoms. The van der Waals surface area contributed by atoms with E-state index in [-0.39, 0.29) is 17.6 Å². The quantitative estimate of drug-likeness (QED) is 0.731. The number of nitrogens with zero attached hydrogens (tertiary/aromatic N) is 4. The van der Waals surface area contributed by atoms with Crippen LogP contribution in [0.1, 0.15) is 31.1 Å². The van der Waals surface area contributed by atoms with Crippen molar-refractivity contribution in [2.45, 2.75) is 32.5 Å². The first kappa shape index (κ1) is 19.0. The second-order valence-corrected chi connectivity index (χ2v) is 6.23. The van der Waals surface area contributed by atoms with Crippen LogP contribution < -0.4 is 5.32 Å². The molecule has 0 saturated heterocycles. The Balaban J connectivity index is 1.90. The summed E-state index contributed by atoms with van der Waals surface area (Å²) in [5, 5.41) is 11.4. The smallest absolute Gasteiger partial charge is 0.253 e. The number of thioether (sulfide) groups is 1. The number of aromatic nitrogens is 3. The summed E-state index contributed by atoms with van der Waals surface area (Å²) in [6.07, 6.45) is 1.64. The van der Waals surface area contributed by atoms with Gasteiger partial charge in [-0.2, -0.15) is 0 Å². The fourth-order valence-corrected chi connectivity index (χ4v) is 3.07. The van der Waals surface area contributed by atoms with Crippen molar-refractivity contribution >= 4 is 29.3 Å². The molecule has 1 aromatic carbocycles. The van der Waals surface area contributed by atoms with E-state index in [0.717, 1.165) is 11.7 Å². The van der Waals surface area contributed by atoms with Crippen LogP contribution in [-0.2, 0) is 11.3 Å². The lowest BCUT2D eigenvalue weighted by Crippen LogP contribution is -2.30. The Morgan fingerprint density at radius 3 is 2.44 bits per heavy atom. The van der Waals surface area contributed by atoms with Crippen LogP contribution in [0.3, 0.4) is 0 Å². The lowest BCUT2D eigenvalue weighted by atomic mass is 10.2. The highest BCUT2D eigenvalue weighted by molar-refractivity contribution is 7.99. The molecule has 134 valence electrons. The second-order valence-electron chi connectivity index (χ2n) is 5.29. The summed E-state index contributed by atoms with van der Waals surface area (Å²) in [5.41, 5.74) is 1.28. The normalized spacial score (nSPS) is 10.5. The summed E-state index contributed by atoms with van der Waals surface area (Å²) in [4.78, 5) is 26.1. The van der Waals surface area contributed by atoms with E-state index in [9.17, 15) is 9.59 Å². The van der Waals surface area contributed by atoms with Crippen molar-refractivity contribution in [3.8, 4) is 0 Å². The molecule has 0 fully saturated rings. The number of benzene rings is 1. The molecule has 2 rings (SSSR count). The summed E-state index contributed by atoms with van der Waals surface area (Å²) in [7, 11) is 0. The Hall–Kier alpha value is -2.35. The van der Waals surface area contributed by atoms with E-state index in [1.165, 1.54) is 11.8 Å². The second kappa shape index (κ2) is 9.22. The van der Waals surface area contributed by atoms with Crippen LogP contribution in [0.25, 0.3) is 0 Å². The van der Waals surface area contributed by atoms with Gasteiger partial charge < -0.3 is 14.8 Å². The van der Waals surface area contributed by atoms with Gasteiger partial charge in [0.1, 0.15) is 6.33 Å². The van der Waals surface area contributed by atoms with Gasteiger partial charge in [0.05, 0.1) is 5.75 Å². The van der Waals surface area contributed by atoms with Gasteiger partial charge in [-0.25, -0.2) is 0 Å². The number of rotatable bonds is 8. The van der Waals surface area contributed by atoms with Crippen molar-refractivity contribution in [3.05, 3.63) is 36.2 Å². The minimum atomic E-state index is -0.126. The Kier molecular flexibility index (Phi) is 7.00. The van der Waals surface area contributed by atoms with Crippen molar-refractivity contribution < 1.29 is 9.59 Å². The van der Waals surface area contributed by atoms with Gasteiger partial charge in [0, 0.05) is 30.9 Å². The van der Waals surface area contributed by atoms with E-state index >= 15 is 0 Å². The van der Waals surface area contributed by atoms with Crippen LogP contribution in [0.5, 0.6) is 0 Å². The minimum absolute atomic E-state index is 0.00247. The van der Waals surface area contributed by atoms with Gasteiger partial charge in [-0.15, -0.1) is 10.2 Å². The lowest BCUT2D eigenvalue weighted by molar-refractivity contribution is -0.113. The molecule has 0 aliphatic carbocycles. The Labute approximate surface area is 151 Å². The summed E-state index contributed by atoms with van der Waals surface area (Å²) in [6, 6.07) is 6.95. The van der Waals surface area contributed by atoms with Gasteiger partial charge in [-0.3, -0.25) is 9.59 Å². The van der Waals surface area contributed by atoms with E-state index < -0.39 is 0 Å². The van der Waals surface area contributed by atoms with Crippen LogP contribution in [-0.4, -0.2) is 50.3 Å². The van der Waals surface area contributed by atoms with Gasteiger partial charge in [-0.05, 0) is 45.0 Å². The SMILES string of the molecule is CCN(CC)C(=O)c1ccc(NC(=O)CSc2nncn2CC)cc1. The molecular formula is C17H23N5O2S. The molecular weight excluding hydrogens is 338 g/mol. The van der Waals surface area contributed by atoms with Crippen molar-refractivity contribution in [1.29, 1.82) is 0 Å². The molecule has 0 radical (unpaired) electrons. The van der Waals surface area contributed by atoms with Gasteiger partial charge in [0.2, 0.25) is 5.91 Å². The Morgan fingerprint density at radius 1 is 1.16 bits per heavy atom. The molecule has 1 N–H and O–H groups in total. The minimum Gasteiger partial charge on any atom is -0.339 e. The van der Waals surface area contributed by atoms with Crippen molar-refractivity contribution in [3.63, 3.8) is 0 Å². The van der Waals surface area contributed by atoms with Gasteiger partial charge >= 0.3 is 0 Å². The molecule has 7 nitrogen and oxygen atoms in total. The Morgan fingerprint density at radius 2 is 1.84 bits per heavy atom. The maximum Gasteiger partial charge on any atom is 0.253 e. The molecule has 8 heteroatoms. The summed E-state index contributed by atoms with van der Waals surface area (Å²) in [6.45, 7) is 8.01. The zero-order chi connectivity index (χ0) is 18.2. The van der Waals surface area contributed by atoms with E-state index in [2.05, 4.69) is 15.5 Å². The molecule has 0 bridgehead atoms. The first-order valence-corrected chi connectivity index (χ1v) is 9.27. The van der Waals surface area contributed by atoms with Gasteiger partial charge in [-0.1, -0.05) is 11.8 Å². The van der Waals surface area contributed by atoms with Crippen LogP contribution in [0.2, 0.25) is 0 Å². The predicted octanol–water partition coefficient (Wildman–Crippen LogP) is 2.51. The summed E-state index contributed by atoms with van der Waals surface area (Å²) in [5.74, 6) is 0.120. The maximum absolute atomic E-state index is 12.3. The molecule has 1 heterocycles. The first-order valence-electron chi connectivity index (χ1n) is 8.28. The summed E-state index contributed by atoms with van der Waals surface area (Å²) >= 11 is 1.34. The number of carbonyl (C=O) groups excluding carboxylic acids is 2. The monoisotopic (exact) mass is 361 g/mol. The highest BCUT2D eigenvalue weighted by Crippen LogP contribution is 2.16. The third-order valence-electron chi connectivity index (χ3n) is 3.72. The third kappa shape index (κ3) is 5.06. The van der Waals surface area contributed by atoms with Crippen LogP contribution in [0.4, 0.5) is 5.69 Å². The maximum atomic E-state index is 12.3. The molecule has 0 saturated carbocycles. The number of hydrogen-bond donors (Lipinski definition) is 1. The zero-order valence-electron chi connectivity index (χ0n) is 14.7. The average molecular weight is 361 g/mol. The number of nitrogens with one attached hydrogen (secondary N) is 1. The number of anilines is 1. The zero-order valence-corrected chi connectivity index (χ0v) is 15.5. The number of carbonyl (C=O) groups is 2. The van der Waals surface area contributed by atoms with Crippen LogP contribution >= 0.6 is 11.8 Å². The van der Waals surface area contributed by atoms with E-state index in [1.807, 2.05) is 25.3 Å². The standard InChI is InChI=1S/C17H23N5O2S/c1-4-21(5-2)16(24)13-7-9-14(10-8-13)19-15(23)11-25-17-20-18-12-22(17)6-3/h7-10,12H,4-6,11H2,1-3H3,(H,19,23). The highest BCUT2D eigenvalue weighted by atomic mass is 32.2.